The van der Waals surface area contributed by atoms with Crippen LogP contribution < -0.4 is 11.1 Å². The maximum Gasteiger partial charge on any atom is 0.328 e. The van der Waals surface area contributed by atoms with E-state index in [9.17, 15) is 9.59 Å². The summed E-state index contributed by atoms with van der Waals surface area (Å²) in [7, 11) is 0. The minimum Gasteiger partial charge on any atom is -0.478 e. The number of aliphatic carboxylic acids is 1. The fourth-order valence-corrected chi connectivity index (χ4v) is 1.58. The number of nitrogens with two attached hydrogens (primary N) is 1. The Morgan fingerprint density at radius 1 is 1.35 bits per heavy atom. The van der Waals surface area contributed by atoms with Crippen LogP contribution in [0.1, 0.15) is 25.8 Å². The van der Waals surface area contributed by atoms with Gasteiger partial charge in [0.25, 0.3) is 0 Å². The number of rotatable bonds is 6. The lowest BCUT2D eigenvalue weighted by Crippen LogP contribution is -2.40. The van der Waals surface area contributed by atoms with Crippen molar-refractivity contribution in [1.29, 1.82) is 0 Å². The molecule has 5 heteroatoms. The SMILES string of the molecule is CC[C@H](C)[C@H](N)C(=O)Nc1ccc(/C=C/C(=O)O)cc1. The largest absolute Gasteiger partial charge is 0.478 e. The molecule has 0 spiro atoms. The maximum atomic E-state index is 11.9. The van der Waals surface area contributed by atoms with Crippen LogP contribution in [-0.2, 0) is 9.59 Å². The molecule has 0 radical (unpaired) electrons. The molecule has 20 heavy (non-hydrogen) atoms. The number of carboxylic acid groups (broad SMARTS) is 1. The number of benzene rings is 1. The number of nitrogens with one attached hydrogen (secondary N) is 1. The molecule has 1 aromatic carbocycles. The molecule has 0 aliphatic carbocycles. The molecule has 2 atom stereocenters. The van der Waals surface area contributed by atoms with Crippen LogP contribution in [0.4, 0.5) is 5.69 Å². The van der Waals surface area contributed by atoms with E-state index in [2.05, 4.69) is 5.32 Å². The van der Waals surface area contributed by atoms with E-state index in [1.54, 1.807) is 24.3 Å². The predicted molar refractivity (Wildman–Crippen MR) is 79.2 cm³/mol. The van der Waals surface area contributed by atoms with Gasteiger partial charge in [0, 0.05) is 11.8 Å². The lowest BCUT2D eigenvalue weighted by Gasteiger charge is -2.17. The minimum absolute atomic E-state index is 0.118. The molecule has 0 saturated heterocycles. The lowest BCUT2D eigenvalue weighted by molar-refractivity contribution is -0.131. The Balaban J connectivity index is 2.66. The van der Waals surface area contributed by atoms with Crippen LogP contribution in [-0.4, -0.2) is 23.0 Å². The van der Waals surface area contributed by atoms with Crippen LogP contribution in [0.25, 0.3) is 6.08 Å². The first-order valence-electron chi connectivity index (χ1n) is 6.51. The van der Waals surface area contributed by atoms with E-state index in [-0.39, 0.29) is 11.8 Å². The average Bonchev–Trinajstić information content (AvgIpc) is 2.44. The van der Waals surface area contributed by atoms with Crippen molar-refractivity contribution < 1.29 is 14.7 Å². The van der Waals surface area contributed by atoms with Crippen molar-refractivity contribution in [3.63, 3.8) is 0 Å². The average molecular weight is 276 g/mol. The van der Waals surface area contributed by atoms with Gasteiger partial charge in [0.15, 0.2) is 0 Å². The van der Waals surface area contributed by atoms with E-state index >= 15 is 0 Å². The molecular weight excluding hydrogens is 256 g/mol. The van der Waals surface area contributed by atoms with Crippen molar-refractivity contribution in [2.75, 3.05) is 5.32 Å². The van der Waals surface area contributed by atoms with Gasteiger partial charge in [-0.25, -0.2) is 4.79 Å². The van der Waals surface area contributed by atoms with Gasteiger partial charge in [-0.05, 0) is 29.7 Å². The van der Waals surface area contributed by atoms with Crippen molar-refractivity contribution in [3.8, 4) is 0 Å². The Kier molecular flexibility index (Phi) is 5.93. The zero-order valence-corrected chi connectivity index (χ0v) is 11.7. The summed E-state index contributed by atoms with van der Waals surface area (Å²) < 4.78 is 0. The summed E-state index contributed by atoms with van der Waals surface area (Å²) in [4.78, 5) is 22.3. The summed E-state index contributed by atoms with van der Waals surface area (Å²) in [5, 5.41) is 11.3. The maximum absolute atomic E-state index is 11.9. The molecular formula is C15H20N2O3. The highest BCUT2D eigenvalue weighted by molar-refractivity contribution is 5.95. The molecule has 0 aromatic heterocycles. The van der Waals surface area contributed by atoms with Crippen molar-refractivity contribution in [2.45, 2.75) is 26.3 Å². The second-order valence-corrected chi connectivity index (χ2v) is 4.69. The molecule has 0 unspecified atom stereocenters. The first-order chi connectivity index (χ1) is 9.43. The Morgan fingerprint density at radius 2 is 1.95 bits per heavy atom. The summed E-state index contributed by atoms with van der Waals surface area (Å²) in [6.45, 7) is 3.92. The highest BCUT2D eigenvalue weighted by atomic mass is 16.4. The number of carbonyl (C=O) groups is 2. The first-order valence-corrected chi connectivity index (χ1v) is 6.51. The van der Waals surface area contributed by atoms with Gasteiger partial charge in [0.1, 0.15) is 0 Å². The minimum atomic E-state index is -0.998. The zero-order valence-electron chi connectivity index (χ0n) is 11.7. The van der Waals surface area contributed by atoms with Crippen molar-refractivity contribution in [1.82, 2.24) is 0 Å². The molecule has 5 nitrogen and oxygen atoms in total. The van der Waals surface area contributed by atoms with Gasteiger partial charge in [0.2, 0.25) is 5.91 Å². The number of carboxylic acids is 1. The van der Waals surface area contributed by atoms with Gasteiger partial charge in [0.05, 0.1) is 6.04 Å². The normalized spacial score (nSPS) is 13.9. The summed E-state index contributed by atoms with van der Waals surface area (Å²) >= 11 is 0. The van der Waals surface area contributed by atoms with Gasteiger partial charge in [-0.1, -0.05) is 32.4 Å². The van der Waals surface area contributed by atoms with Crippen LogP contribution in [0.3, 0.4) is 0 Å². The highest BCUT2D eigenvalue weighted by Gasteiger charge is 2.19. The Labute approximate surface area is 118 Å². The molecule has 1 aromatic rings. The van der Waals surface area contributed by atoms with E-state index in [0.717, 1.165) is 18.1 Å². The molecule has 0 aliphatic heterocycles. The molecule has 0 fully saturated rings. The van der Waals surface area contributed by atoms with Gasteiger partial charge >= 0.3 is 5.97 Å². The van der Waals surface area contributed by atoms with Crippen LogP contribution in [0.15, 0.2) is 30.3 Å². The van der Waals surface area contributed by atoms with Crippen molar-refractivity contribution in [2.24, 2.45) is 11.7 Å². The first kappa shape index (κ1) is 15.9. The molecule has 108 valence electrons. The highest BCUT2D eigenvalue weighted by Crippen LogP contribution is 2.13. The van der Waals surface area contributed by atoms with Crippen LogP contribution in [0.5, 0.6) is 0 Å². The Morgan fingerprint density at radius 3 is 2.45 bits per heavy atom. The lowest BCUT2D eigenvalue weighted by atomic mass is 9.99. The molecule has 1 rings (SSSR count). The molecule has 4 N–H and O–H groups in total. The standard InChI is InChI=1S/C15H20N2O3/c1-3-10(2)14(16)15(20)17-12-7-4-11(5-8-12)6-9-13(18)19/h4-10,14H,3,16H2,1-2H3,(H,17,20)(H,18,19)/b9-6+/t10-,14-/m0/s1. The second-order valence-electron chi connectivity index (χ2n) is 4.69. The monoisotopic (exact) mass is 276 g/mol. The number of carbonyl (C=O) groups excluding carboxylic acids is 1. The van der Waals surface area contributed by atoms with E-state index in [0.29, 0.717) is 5.69 Å². The number of anilines is 1. The molecule has 0 bridgehead atoms. The fraction of sp³-hybridized carbons (Fsp3) is 0.333. The van der Waals surface area contributed by atoms with Crippen LogP contribution in [0.2, 0.25) is 0 Å². The number of amides is 1. The fourth-order valence-electron chi connectivity index (χ4n) is 1.58. The van der Waals surface area contributed by atoms with E-state index < -0.39 is 12.0 Å². The topological polar surface area (TPSA) is 92.4 Å². The number of hydrogen-bond donors (Lipinski definition) is 3. The Hall–Kier alpha value is -2.14. The van der Waals surface area contributed by atoms with E-state index in [1.807, 2.05) is 13.8 Å². The van der Waals surface area contributed by atoms with E-state index in [1.165, 1.54) is 6.08 Å². The second kappa shape index (κ2) is 7.45. The smallest absolute Gasteiger partial charge is 0.328 e. The molecule has 0 saturated carbocycles. The summed E-state index contributed by atoms with van der Waals surface area (Å²) in [6, 6.07) is 6.34. The third kappa shape index (κ3) is 4.85. The number of hydrogen-bond acceptors (Lipinski definition) is 3. The van der Waals surface area contributed by atoms with Gasteiger partial charge < -0.3 is 16.2 Å². The van der Waals surface area contributed by atoms with Gasteiger partial charge in [-0.15, -0.1) is 0 Å². The van der Waals surface area contributed by atoms with Crippen molar-refractivity contribution >= 4 is 23.6 Å². The Bertz CT molecular complexity index is 494. The van der Waals surface area contributed by atoms with E-state index in [4.69, 9.17) is 10.8 Å². The third-order valence-corrected chi connectivity index (χ3v) is 3.16. The summed E-state index contributed by atoms with van der Waals surface area (Å²) in [5.74, 6) is -1.09. The van der Waals surface area contributed by atoms with Gasteiger partial charge in [-0.3, -0.25) is 4.79 Å². The summed E-state index contributed by atoms with van der Waals surface area (Å²) in [6.07, 6.45) is 3.39. The third-order valence-electron chi connectivity index (χ3n) is 3.16. The summed E-state index contributed by atoms with van der Waals surface area (Å²) in [5.41, 5.74) is 7.23. The molecule has 0 aliphatic rings. The van der Waals surface area contributed by atoms with Crippen LogP contribution in [0, 0.1) is 5.92 Å². The predicted octanol–water partition coefficient (Wildman–Crippen LogP) is 2.10. The molecule has 1 amide bonds. The van der Waals surface area contributed by atoms with Crippen molar-refractivity contribution in [3.05, 3.63) is 35.9 Å². The van der Waals surface area contributed by atoms with Gasteiger partial charge in [-0.2, -0.15) is 0 Å². The quantitative estimate of drug-likeness (QED) is 0.694. The zero-order chi connectivity index (χ0) is 15.1. The van der Waals surface area contributed by atoms with Crippen LogP contribution >= 0.6 is 0 Å². The molecule has 0 heterocycles.